The van der Waals surface area contributed by atoms with E-state index in [2.05, 4.69) is 6.58 Å². The highest BCUT2D eigenvalue weighted by atomic mass is 19.1. The lowest BCUT2D eigenvalue weighted by Gasteiger charge is -2.28. The summed E-state index contributed by atoms with van der Waals surface area (Å²) in [5.74, 6) is -1.73. The number of benzene rings is 2. The molecule has 2 aromatic carbocycles. The van der Waals surface area contributed by atoms with Gasteiger partial charge in [0.2, 0.25) is 0 Å². The van der Waals surface area contributed by atoms with Crippen LogP contribution in [0.5, 0.6) is 0 Å². The molecule has 26 heavy (non-hydrogen) atoms. The largest absolute Gasteiger partial charge is 0.478 e. The Morgan fingerprint density at radius 1 is 1.27 bits per heavy atom. The fourth-order valence-electron chi connectivity index (χ4n) is 2.75. The quantitative estimate of drug-likeness (QED) is 0.843. The van der Waals surface area contributed by atoms with Gasteiger partial charge in [-0.25, -0.2) is 9.18 Å². The smallest absolute Gasteiger partial charge is 0.336 e. The van der Waals surface area contributed by atoms with Crippen LogP contribution in [0.1, 0.15) is 27.8 Å². The van der Waals surface area contributed by atoms with Crippen molar-refractivity contribution in [3.05, 3.63) is 71.6 Å². The number of nitriles is 1. The lowest BCUT2D eigenvalue weighted by atomic mass is 9.96. The van der Waals surface area contributed by atoms with Crippen LogP contribution in [-0.4, -0.2) is 24.3 Å². The van der Waals surface area contributed by atoms with Gasteiger partial charge in [0.1, 0.15) is 11.9 Å². The maximum absolute atomic E-state index is 14.0. The number of rotatable bonds is 4. The third-order valence-electron chi connectivity index (χ3n) is 4.20. The van der Waals surface area contributed by atoms with Crippen LogP contribution in [0, 0.1) is 23.1 Å². The highest BCUT2D eigenvalue weighted by molar-refractivity contribution is 5.96. The van der Waals surface area contributed by atoms with Crippen molar-refractivity contribution in [3.63, 3.8) is 0 Å². The molecular formula is C20H16FNO4. The summed E-state index contributed by atoms with van der Waals surface area (Å²) < 4.78 is 25.3. The molecule has 2 aromatic rings. The SMILES string of the molecule is C=CC1COC(c2ccc(C(=O)O)c(-c3ccc(C#N)c(F)c3)c2)OC1. The summed E-state index contributed by atoms with van der Waals surface area (Å²) in [6, 6.07) is 10.4. The summed E-state index contributed by atoms with van der Waals surface area (Å²) in [5, 5.41) is 18.3. The van der Waals surface area contributed by atoms with Crippen LogP contribution in [0.15, 0.2) is 49.1 Å². The molecule has 0 spiro atoms. The molecule has 0 atom stereocenters. The molecule has 0 amide bonds. The first-order valence-corrected chi connectivity index (χ1v) is 7.96. The summed E-state index contributed by atoms with van der Waals surface area (Å²) in [5.41, 5.74) is 1.25. The van der Waals surface area contributed by atoms with E-state index in [1.807, 2.05) is 0 Å². The number of aromatic carboxylic acids is 1. The van der Waals surface area contributed by atoms with Crippen molar-refractivity contribution in [2.45, 2.75) is 6.29 Å². The second kappa shape index (κ2) is 7.48. The highest BCUT2D eigenvalue weighted by Gasteiger charge is 2.24. The van der Waals surface area contributed by atoms with Crippen LogP contribution in [0.3, 0.4) is 0 Å². The Balaban J connectivity index is 2.00. The standard InChI is InChI=1S/C20H16FNO4/c1-2-12-10-25-20(26-11-12)14-5-6-16(19(23)24)17(7-14)13-3-4-15(9-22)18(21)8-13/h2-8,12,20H,1,10-11H2,(H,23,24). The van der Waals surface area contributed by atoms with Gasteiger partial charge >= 0.3 is 5.97 Å². The van der Waals surface area contributed by atoms with Gasteiger partial charge in [0, 0.05) is 11.5 Å². The minimum absolute atomic E-state index is 0.0256. The molecule has 1 aliphatic rings. The molecule has 1 N–H and O–H groups in total. The Morgan fingerprint density at radius 2 is 2.00 bits per heavy atom. The number of carbonyl (C=O) groups is 1. The molecule has 0 saturated carbocycles. The molecule has 0 bridgehead atoms. The zero-order chi connectivity index (χ0) is 18.7. The molecule has 0 radical (unpaired) electrons. The molecule has 1 aliphatic heterocycles. The fraction of sp³-hybridized carbons (Fsp3) is 0.200. The van der Waals surface area contributed by atoms with E-state index in [0.29, 0.717) is 29.9 Å². The molecule has 1 saturated heterocycles. The van der Waals surface area contributed by atoms with E-state index in [9.17, 15) is 14.3 Å². The van der Waals surface area contributed by atoms with E-state index in [1.165, 1.54) is 18.2 Å². The average molecular weight is 353 g/mol. The second-order valence-electron chi connectivity index (χ2n) is 5.91. The lowest BCUT2D eigenvalue weighted by Crippen LogP contribution is -2.25. The molecule has 0 aromatic heterocycles. The topological polar surface area (TPSA) is 79.5 Å². The van der Waals surface area contributed by atoms with Gasteiger partial charge in [0.25, 0.3) is 0 Å². The Labute approximate surface area is 149 Å². The zero-order valence-electron chi connectivity index (χ0n) is 13.8. The number of hydrogen-bond donors (Lipinski definition) is 1. The average Bonchev–Trinajstić information content (AvgIpc) is 2.67. The van der Waals surface area contributed by atoms with Crippen LogP contribution in [0.4, 0.5) is 4.39 Å². The minimum atomic E-state index is -1.13. The minimum Gasteiger partial charge on any atom is -0.478 e. The van der Waals surface area contributed by atoms with Crippen molar-refractivity contribution in [1.29, 1.82) is 5.26 Å². The predicted molar refractivity (Wildman–Crippen MR) is 91.8 cm³/mol. The Morgan fingerprint density at radius 3 is 2.58 bits per heavy atom. The van der Waals surface area contributed by atoms with Crippen LogP contribution in [0.2, 0.25) is 0 Å². The molecular weight excluding hydrogens is 337 g/mol. The van der Waals surface area contributed by atoms with E-state index in [1.54, 1.807) is 24.3 Å². The Kier molecular flexibility index (Phi) is 5.12. The van der Waals surface area contributed by atoms with Gasteiger partial charge in [-0.15, -0.1) is 6.58 Å². The van der Waals surface area contributed by atoms with Crippen LogP contribution in [0.25, 0.3) is 11.1 Å². The zero-order valence-corrected chi connectivity index (χ0v) is 13.8. The van der Waals surface area contributed by atoms with E-state index in [4.69, 9.17) is 14.7 Å². The predicted octanol–water partition coefficient (Wildman–Crippen LogP) is 3.91. The van der Waals surface area contributed by atoms with Crippen LogP contribution >= 0.6 is 0 Å². The summed E-state index contributed by atoms with van der Waals surface area (Å²) in [6.07, 6.45) is 1.13. The highest BCUT2D eigenvalue weighted by Crippen LogP contribution is 2.32. The van der Waals surface area contributed by atoms with Crippen molar-refractivity contribution in [1.82, 2.24) is 0 Å². The van der Waals surface area contributed by atoms with Gasteiger partial charge in [-0.3, -0.25) is 0 Å². The molecule has 132 valence electrons. The van der Waals surface area contributed by atoms with E-state index >= 15 is 0 Å². The molecule has 5 nitrogen and oxygen atoms in total. The normalized spacial score (nSPS) is 19.5. The number of ether oxygens (including phenoxy) is 2. The Hall–Kier alpha value is -3.01. The molecule has 0 aliphatic carbocycles. The number of nitrogens with zero attached hydrogens (tertiary/aromatic N) is 1. The molecule has 1 heterocycles. The van der Waals surface area contributed by atoms with Gasteiger partial charge in [-0.1, -0.05) is 18.2 Å². The summed E-state index contributed by atoms with van der Waals surface area (Å²) in [4.78, 5) is 11.6. The summed E-state index contributed by atoms with van der Waals surface area (Å²) in [7, 11) is 0. The second-order valence-corrected chi connectivity index (χ2v) is 5.91. The molecule has 3 rings (SSSR count). The van der Waals surface area contributed by atoms with Crippen molar-refractivity contribution < 1.29 is 23.8 Å². The first-order chi connectivity index (χ1) is 12.5. The monoisotopic (exact) mass is 353 g/mol. The number of carboxylic acids is 1. The first kappa shape index (κ1) is 17.8. The van der Waals surface area contributed by atoms with Gasteiger partial charge in [0.15, 0.2) is 6.29 Å². The van der Waals surface area contributed by atoms with Crippen molar-refractivity contribution in [3.8, 4) is 17.2 Å². The van der Waals surface area contributed by atoms with Crippen molar-refractivity contribution in [2.24, 2.45) is 5.92 Å². The maximum atomic E-state index is 14.0. The molecule has 1 fully saturated rings. The van der Waals surface area contributed by atoms with E-state index in [0.717, 1.165) is 6.07 Å². The number of halogens is 1. The maximum Gasteiger partial charge on any atom is 0.336 e. The first-order valence-electron chi connectivity index (χ1n) is 7.96. The molecule has 6 heteroatoms. The summed E-state index contributed by atoms with van der Waals surface area (Å²) in [6.45, 7) is 4.61. The fourth-order valence-corrected chi connectivity index (χ4v) is 2.75. The lowest BCUT2D eigenvalue weighted by molar-refractivity contribution is -0.197. The van der Waals surface area contributed by atoms with Crippen LogP contribution < -0.4 is 0 Å². The van der Waals surface area contributed by atoms with Gasteiger partial charge in [0.05, 0.1) is 24.3 Å². The van der Waals surface area contributed by atoms with Gasteiger partial charge in [-0.2, -0.15) is 5.26 Å². The Bertz CT molecular complexity index is 895. The summed E-state index contributed by atoms with van der Waals surface area (Å²) >= 11 is 0. The van der Waals surface area contributed by atoms with Gasteiger partial charge < -0.3 is 14.6 Å². The van der Waals surface area contributed by atoms with E-state index < -0.39 is 18.1 Å². The third kappa shape index (κ3) is 3.49. The molecule has 0 unspecified atom stereocenters. The number of hydrogen-bond acceptors (Lipinski definition) is 4. The third-order valence-corrected chi connectivity index (χ3v) is 4.20. The van der Waals surface area contributed by atoms with Gasteiger partial charge in [-0.05, 0) is 35.4 Å². The van der Waals surface area contributed by atoms with Crippen LogP contribution in [-0.2, 0) is 9.47 Å². The van der Waals surface area contributed by atoms with Crippen molar-refractivity contribution in [2.75, 3.05) is 13.2 Å². The van der Waals surface area contributed by atoms with Crippen molar-refractivity contribution >= 4 is 5.97 Å². The van der Waals surface area contributed by atoms with E-state index in [-0.39, 0.29) is 17.0 Å². The number of carboxylic acid groups (broad SMARTS) is 1.